The van der Waals surface area contributed by atoms with Crippen LogP contribution in [0, 0.1) is 0 Å². The zero-order chi connectivity index (χ0) is 20.9. The molecule has 1 aromatic heterocycles. The molecule has 0 bridgehead atoms. The average molecular weight is 425 g/mol. The Hall–Kier alpha value is -1.81. The number of benzene rings is 1. The van der Waals surface area contributed by atoms with Gasteiger partial charge in [-0.1, -0.05) is 6.92 Å². The first-order chi connectivity index (χ1) is 13.1. The summed E-state index contributed by atoms with van der Waals surface area (Å²) < 4.78 is 26.9. The van der Waals surface area contributed by atoms with Gasteiger partial charge in [-0.05, 0) is 58.5 Å². The number of amides is 1. The predicted octanol–water partition coefficient (Wildman–Crippen LogP) is 2.85. The van der Waals surface area contributed by atoms with Crippen molar-refractivity contribution in [1.82, 2.24) is 14.6 Å². The molecule has 0 aliphatic rings. The van der Waals surface area contributed by atoms with E-state index < -0.39 is 10.0 Å². The lowest BCUT2D eigenvalue weighted by Gasteiger charge is -2.23. The molecule has 154 valence electrons. The maximum Gasteiger partial charge on any atom is 0.241 e. The summed E-state index contributed by atoms with van der Waals surface area (Å²) in [7, 11) is -1.67. The zero-order valence-electron chi connectivity index (χ0n) is 16.9. The average Bonchev–Trinajstić information content (AvgIpc) is 3.08. The first kappa shape index (κ1) is 22.5. The second kappa shape index (κ2) is 9.60. The number of nitrogens with zero attached hydrogens (tertiary/aromatic N) is 2. The van der Waals surface area contributed by atoms with E-state index in [1.165, 1.54) is 12.1 Å². The molecule has 0 saturated carbocycles. The molecule has 1 unspecified atom stereocenters. The number of nitrogens with one attached hydrogen (secondary N) is 2. The normalized spacial score (nSPS) is 13.1. The number of sulfonamides is 1. The summed E-state index contributed by atoms with van der Waals surface area (Å²) in [6.07, 6.45) is 0.906. The van der Waals surface area contributed by atoms with Crippen LogP contribution in [0.2, 0.25) is 0 Å². The van der Waals surface area contributed by atoms with Crippen LogP contribution >= 0.6 is 11.3 Å². The third-order valence-corrected chi connectivity index (χ3v) is 6.89. The Bertz CT molecular complexity index is 892. The fourth-order valence-corrected chi connectivity index (χ4v) is 4.51. The fraction of sp³-hybridized carbons (Fsp3) is 0.474. The molecule has 1 amide bonds. The number of likely N-dealkylation sites (N-methyl/N-ethyl adjacent to an activating group) is 1. The Morgan fingerprint density at radius 1 is 1.21 bits per heavy atom. The molecule has 7 nitrogen and oxygen atoms in total. The van der Waals surface area contributed by atoms with E-state index in [9.17, 15) is 13.2 Å². The highest BCUT2D eigenvalue weighted by molar-refractivity contribution is 7.89. The molecule has 1 heterocycles. The number of anilines is 1. The SMILES string of the molecule is CCc1nc(CN(C)C(C)C(=O)Nc2ccc(S(=O)(=O)NC(C)C)cc2)cs1. The van der Waals surface area contributed by atoms with Crippen molar-refractivity contribution in [1.29, 1.82) is 0 Å². The molecule has 1 aromatic carbocycles. The summed E-state index contributed by atoms with van der Waals surface area (Å²) in [6, 6.07) is 5.60. The van der Waals surface area contributed by atoms with Gasteiger partial charge >= 0.3 is 0 Å². The van der Waals surface area contributed by atoms with Crippen LogP contribution in [0.1, 0.15) is 38.4 Å². The standard InChI is InChI=1S/C19H28N4O3S2/c1-6-18-20-16(12-27-18)11-23(5)14(4)19(24)21-15-7-9-17(10-8-15)28(25,26)22-13(2)3/h7-10,12-14,22H,6,11H2,1-5H3,(H,21,24). The lowest BCUT2D eigenvalue weighted by molar-refractivity contribution is -0.120. The molecule has 28 heavy (non-hydrogen) atoms. The molecule has 0 radical (unpaired) electrons. The number of carbonyl (C=O) groups excluding carboxylic acids is 1. The summed E-state index contributed by atoms with van der Waals surface area (Å²) in [5, 5.41) is 5.93. The van der Waals surface area contributed by atoms with Crippen LogP contribution in [0.4, 0.5) is 5.69 Å². The second-order valence-corrected chi connectivity index (χ2v) is 9.62. The molecule has 2 rings (SSSR count). The Morgan fingerprint density at radius 3 is 2.39 bits per heavy atom. The maximum atomic E-state index is 12.5. The van der Waals surface area contributed by atoms with Crippen molar-refractivity contribution in [2.75, 3.05) is 12.4 Å². The minimum atomic E-state index is -3.55. The largest absolute Gasteiger partial charge is 0.325 e. The van der Waals surface area contributed by atoms with E-state index in [1.807, 2.05) is 24.3 Å². The van der Waals surface area contributed by atoms with E-state index in [2.05, 4.69) is 21.9 Å². The van der Waals surface area contributed by atoms with Crippen LogP contribution < -0.4 is 10.0 Å². The van der Waals surface area contributed by atoms with Crippen molar-refractivity contribution >= 4 is 33.0 Å². The monoisotopic (exact) mass is 424 g/mol. The van der Waals surface area contributed by atoms with Crippen LogP contribution in [0.3, 0.4) is 0 Å². The first-order valence-electron chi connectivity index (χ1n) is 9.19. The van der Waals surface area contributed by atoms with Gasteiger partial charge < -0.3 is 5.32 Å². The van der Waals surface area contributed by atoms with Crippen LogP contribution in [-0.4, -0.2) is 43.3 Å². The summed E-state index contributed by atoms with van der Waals surface area (Å²) in [5.41, 5.74) is 1.51. The Morgan fingerprint density at radius 2 is 1.86 bits per heavy atom. The van der Waals surface area contributed by atoms with Gasteiger partial charge in [0.15, 0.2) is 0 Å². The highest BCUT2D eigenvalue weighted by atomic mass is 32.2. The lowest BCUT2D eigenvalue weighted by atomic mass is 10.2. The second-order valence-electron chi connectivity index (χ2n) is 6.97. The number of carbonyl (C=O) groups is 1. The molecule has 2 aromatic rings. The van der Waals surface area contributed by atoms with Crippen molar-refractivity contribution < 1.29 is 13.2 Å². The third-order valence-electron chi connectivity index (χ3n) is 4.18. The Balaban J connectivity index is 1.97. The molecule has 2 N–H and O–H groups in total. The highest BCUT2D eigenvalue weighted by Gasteiger charge is 2.20. The smallest absolute Gasteiger partial charge is 0.241 e. The van der Waals surface area contributed by atoms with Gasteiger partial charge in [-0.25, -0.2) is 18.1 Å². The van der Waals surface area contributed by atoms with Crippen LogP contribution in [0.25, 0.3) is 0 Å². The molecular weight excluding hydrogens is 396 g/mol. The minimum Gasteiger partial charge on any atom is -0.325 e. The first-order valence-corrected chi connectivity index (χ1v) is 11.6. The van der Waals surface area contributed by atoms with E-state index in [-0.39, 0.29) is 22.9 Å². The fourth-order valence-electron chi connectivity index (χ4n) is 2.52. The van der Waals surface area contributed by atoms with Crippen molar-refractivity contribution in [2.45, 2.75) is 57.6 Å². The lowest BCUT2D eigenvalue weighted by Crippen LogP contribution is -2.39. The molecule has 1 atom stereocenters. The van der Waals surface area contributed by atoms with Crippen LogP contribution in [0.15, 0.2) is 34.5 Å². The van der Waals surface area contributed by atoms with Crippen molar-refractivity contribution in [2.24, 2.45) is 0 Å². The number of hydrogen-bond acceptors (Lipinski definition) is 6. The summed E-state index contributed by atoms with van der Waals surface area (Å²) in [4.78, 5) is 19.2. The minimum absolute atomic E-state index is 0.163. The Labute approximate surface area is 171 Å². The number of aromatic nitrogens is 1. The van der Waals surface area contributed by atoms with E-state index in [0.717, 1.165) is 17.1 Å². The topological polar surface area (TPSA) is 91.4 Å². The van der Waals surface area contributed by atoms with Crippen LogP contribution in [0.5, 0.6) is 0 Å². The zero-order valence-corrected chi connectivity index (χ0v) is 18.5. The van der Waals surface area contributed by atoms with Gasteiger partial charge in [0.1, 0.15) is 0 Å². The van der Waals surface area contributed by atoms with Crippen molar-refractivity contribution in [3.05, 3.63) is 40.3 Å². The van der Waals surface area contributed by atoms with Crippen LogP contribution in [-0.2, 0) is 27.8 Å². The number of rotatable bonds is 9. The molecule has 9 heteroatoms. The molecule has 0 fully saturated rings. The summed E-state index contributed by atoms with van der Waals surface area (Å²) in [6.45, 7) is 8.01. The van der Waals surface area contributed by atoms with Gasteiger partial charge in [-0.2, -0.15) is 0 Å². The van der Waals surface area contributed by atoms with Gasteiger partial charge in [0, 0.05) is 23.7 Å². The molecule has 0 aliphatic heterocycles. The number of thiazole rings is 1. The van der Waals surface area contributed by atoms with Gasteiger partial charge in [0.2, 0.25) is 15.9 Å². The van der Waals surface area contributed by atoms with E-state index >= 15 is 0 Å². The predicted molar refractivity (Wildman–Crippen MR) is 113 cm³/mol. The van der Waals surface area contributed by atoms with Crippen molar-refractivity contribution in [3.8, 4) is 0 Å². The number of aryl methyl sites for hydroxylation is 1. The molecule has 0 saturated heterocycles. The molecular formula is C19H28N4O3S2. The van der Waals surface area contributed by atoms with E-state index in [4.69, 9.17) is 0 Å². The van der Waals surface area contributed by atoms with Gasteiger partial charge in [-0.3, -0.25) is 9.69 Å². The van der Waals surface area contributed by atoms with Gasteiger partial charge in [0.05, 0.1) is 21.6 Å². The van der Waals surface area contributed by atoms with Gasteiger partial charge in [-0.15, -0.1) is 11.3 Å². The summed E-state index contributed by atoms with van der Waals surface area (Å²) >= 11 is 1.63. The Kier molecular flexibility index (Phi) is 7.70. The molecule has 0 spiro atoms. The van der Waals surface area contributed by atoms with E-state index in [1.54, 1.807) is 37.3 Å². The quantitative estimate of drug-likeness (QED) is 0.646. The third kappa shape index (κ3) is 6.10. The van der Waals surface area contributed by atoms with E-state index in [0.29, 0.717) is 12.2 Å². The highest BCUT2D eigenvalue weighted by Crippen LogP contribution is 2.16. The maximum absolute atomic E-state index is 12.5. The van der Waals surface area contributed by atoms with Gasteiger partial charge in [0.25, 0.3) is 0 Å². The molecule has 0 aliphatic carbocycles. The number of hydrogen-bond donors (Lipinski definition) is 2. The summed E-state index contributed by atoms with van der Waals surface area (Å²) in [5.74, 6) is -0.163. The van der Waals surface area contributed by atoms with Crippen molar-refractivity contribution in [3.63, 3.8) is 0 Å².